The van der Waals surface area contributed by atoms with Crippen LogP contribution in [-0.4, -0.2) is 140 Å². The molecule has 7 fully saturated rings. The van der Waals surface area contributed by atoms with Crippen LogP contribution in [0, 0.1) is 41.4 Å². The highest BCUT2D eigenvalue weighted by Gasteiger charge is 2.69. The molecule has 1 spiro atoms. The van der Waals surface area contributed by atoms with Crippen LogP contribution in [0.2, 0.25) is 0 Å². The van der Waals surface area contributed by atoms with E-state index in [1.54, 1.807) is 35.2 Å². The number of carbonyl (C=O) groups is 1. The summed E-state index contributed by atoms with van der Waals surface area (Å²) in [5.74, 6) is -4.11. The van der Waals surface area contributed by atoms with E-state index in [0.717, 1.165) is 38.5 Å². The van der Waals surface area contributed by atoms with Crippen molar-refractivity contribution in [3.63, 3.8) is 0 Å². The van der Waals surface area contributed by atoms with E-state index in [9.17, 15) is 15.2 Å². The molecule has 7 heterocycles. The zero-order valence-electron chi connectivity index (χ0n) is 39.7. The lowest BCUT2D eigenvalue weighted by molar-refractivity contribution is -0.353. The summed E-state index contributed by atoms with van der Waals surface area (Å²) in [5.41, 5.74) is -0.849. The predicted molar refractivity (Wildman–Crippen MR) is 225 cm³/mol. The molecule has 7 rings (SSSR count). The molecule has 358 valence electrons. The fraction of sp³-hybridized carbons (Fsp3) is 0.979. The van der Waals surface area contributed by atoms with E-state index in [1.807, 2.05) is 20.8 Å². The molecule has 0 saturated carbocycles. The van der Waals surface area contributed by atoms with E-state index in [1.165, 1.54) is 0 Å². The maximum absolute atomic E-state index is 12.8. The van der Waals surface area contributed by atoms with E-state index >= 15 is 0 Å². The average molecular weight is 885 g/mol. The largest absolute Gasteiger partial charge is 0.381 e. The van der Waals surface area contributed by atoms with Crippen LogP contribution in [0.1, 0.15) is 127 Å². The molecule has 0 aromatic heterocycles. The molecule has 0 aromatic carbocycles. The van der Waals surface area contributed by atoms with Crippen LogP contribution in [0.3, 0.4) is 0 Å². The molecule has 0 radical (unpaired) electrons. The number of methoxy groups -OCH3 is 3. The Bertz CT molecular complexity index is 1500. The summed E-state index contributed by atoms with van der Waals surface area (Å²) >= 11 is 0. The summed E-state index contributed by atoms with van der Waals surface area (Å²) in [4.78, 5) is 17.0. The van der Waals surface area contributed by atoms with Gasteiger partial charge < -0.3 is 62.1 Å². The van der Waals surface area contributed by atoms with Crippen molar-refractivity contribution >= 4 is 5.97 Å². The van der Waals surface area contributed by atoms with Crippen LogP contribution in [0.15, 0.2) is 0 Å². The first-order chi connectivity index (χ1) is 29.3. The highest BCUT2D eigenvalue weighted by molar-refractivity contribution is 5.72. The Labute approximate surface area is 370 Å². The number of hydrogen-bond donors (Lipinski definition) is 2. The molecular weight excluding hydrogens is 805 g/mol. The topological polar surface area (TPSA) is 168 Å². The van der Waals surface area contributed by atoms with Gasteiger partial charge in [0.2, 0.25) is 0 Å². The summed E-state index contributed by atoms with van der Waals surface area (Å²) in [6, 6.07) is 0. The van der Waals surface area contributed by atoms with E-state index in [4.69, 9.17) is 52.1 Å². The van der Waals surface area contributed by atoms with Crippen molar-refractivity contribution in [3.05, 3.63) is 0 Å². The number of carbonyl (C=O) groups excluding carboxylic acids is 1. The first kappa shape index (κ1) is 48.9. The van der Waals surface area contributed by atoms with E-state index in [2.05, 4.69) is 39.5 Å². The van der Waals surface area contributed by atoms with Crippen molar-refractivity contribution in [2.45, 2.75) is 230 Å². The minimum Gasteiger partial charge on any atom is -0.381 e. The number of hydrogen-bond acceptors (Lipinski definition) is 15. The van der Waals surface area contributed by atoms with Gasteiger partial charge in [-0.15, -0.1) is 0 Å². The Morgan fingerprint density at radius 1 is 0.758 bits per heavy atom. The maximum Gasteiger partial charge on any atom is 0.347 e. The van der Waals surface area contributed by atoms with Crippen LogP contribution in [0.5, 0.6) is 0 Å². The summed E-state index contributed by atoms with van der Waals surface area (Å²) in [6.45, 7) is 20.2. The Morgan fingerprint density at radius 2 is 1.44 bits per heavy atom. The number of ether oxygens (including phenoxy) is 11. The molecule has 7 unspecified atom stereocenters. The third-order valence-corrected chi connectivity index (χ3v) is 16.9. The second-order valence-electron chi connectivity index (χ2n) is 20.8. The lowest BCUT2D eigenvalue weighted by Crippen LogP contribution is -2.59. The van der Waals surface area contributed by atoms with Crippen molar-refractivity contribution in [2.24, 2.45) is 41.4 Å². The van der Waals surface area contributed by atoms with Crippen LogP contribution in [0.25, 0.3) is 0 Å². The predicted octanol–water partition coefficient (Wildman–Crippen LogP) is 6.43. The molecule has 7 saturated heterocycles. The van der Waals surface area contributed by atoms with Crippen LogP contribution >= 0.6 is 0 Å². The summed E-state index contributed by atoms with van der Waals surface area (Å²) < 4.78 is 72.8. The van der Waals surface area contributed by atoms with E-state index in [0.29, 0.717) is 19.3 Å². The molecule has 15 nitrogen and oxygen atoms in total. The smallest absolute Gasteiger partial charge is 0.347 e. The van der Waals surface area contributed by atoms with Gasteiger partial charge in [0, 0.05) is 70.2 Å². The van der Waals surface area contributed by atoms with Gasteiger partial charge >= 0.3 is 5.97 Å². The quantitative estimate of drug-likeness (QED) is 0.162. The third kappa shape index (κ3) is 9.04. The Morgan fingerprint density at radius 3 is 2.10 bits per heavy atom. The van der Waals surface area contributed by atoms with Crippen LogP contribution < -0.4 is 0 Å². The molecular formula is C47H80O15. The minimum absolute atomic E-state index is 0.00297. The number of rotatable bonds is 12. The lowest BCUT2D eigenvalue weighted by Gasteiger charge is -2.52. The monoisotopic (exact) mass is 885 g/mol. The highest BCUT2D eigenvalue weighted by Crippen LogP contribution is 2.57. The third-order valence-electron chi connectivity index (χ3n) is 16.9. The molecule has 0 aliphatic carbocycles. The van der Waals surface area contributed by atoms with Gasteiger partial charge in [0.25, 0.3) is 0 Å². The zero-order valence-corrected chi connectivity index (χ0v) is 39.7. The summed E-state index contributed by atoms with van der Waals surface area (Å²) in [6.07, 6.45) is 3.29. The normalized spacial score (nSPS) is 53.0. The van der Waals surface area contributed by atoms with Crippen molar-refractivity contribution in [1.82, 2.24) is 0 Å². The SMILES string of the molecule is CO[C@H]1CC[C@@H](O[C@@H]2[C@H](C)[C@H](C[C@@H]3C[C@@H](OC)[C@@H](C)C4(O3)O[C@](C)(C3CCC(C5CCC(C6O[C@](C)(O)[C@H](C)C[C@@H]6C)O5)O3)[C@H](OC)[C@H]4C)OC([C@@H](C)C(=O)OO)[C@@H]2C)O[C@@H]1C. The Hall–Kier alpha value is -1.05. The molecule has 0 aromatic rings. The molecule has 7 aliphatic heterocycles. The number of aliphatic hydroxyl groups is 1. The molecule has 0 bridgehead atoms. The van der Waals surface area contributed by atoms with Gasteiger partial charge in [-0.1, -0.05) is 41.5 Å². The van der Waals surface area contributed by atoms with Gasteiger partial charge in [0.15, 0.2) is 17.9 Å². The average Bonchev–Trinajstić information content (AvgIpc) is 3.98. The van der Waals surface area contributed by atoms with Gasteiger partial charge in [0.1, 0.15) is 5.60 Å². The minimum atomic E-state index is -1.17. The van der Waals surface area contributed by atoms with Crippen LogP contribution in [-0.2, 0) is 61.8 Å². The Kier molecular flexibility index (Phi) is 15.2. The molecule has 15 heteroatoms. The van der Waals surface area contributed by atoms with Crippen molar-refractivity contribution in [2.75, 3.05) is 21.3 Å². The molecule has 7 aliphatic rings. The molecule has 0 amide bonds. The van der Waals surface area contributed by atoms with E-state index in [-0.39, 0.29) is 109 Å². The maximum atomic E-state index is 12.8. The van der Waals surface area contributed by atoms with Gasteiger partial charge in [-0.25, -0.2) is 4.79 Å². The fourth-order valence-electron chi connectivity index (χ4n) is 12.9. The summed E-state index contributed by atoms with van der Waals surface area (Å²) in [7, 11) is 5.18. The first-order valence-corrected chi connectivity index (χ1v) is 23.8. The Balaban J connectivity index is 1.07. The summed E-state index contributed by atoms with van der Waals surface area (Å²) in [5, 5.41) is 20.4. The molecule has 24 atom stereocenters. The van der Waals surface area contributed by atoms with Gasteiger partial charge in [-0.3, -0.25) is 0 Å². The first-order valence-electron chi connectivity index (χ1n) is 23.8. The zero-order chi connectivity index (χ0) is 45.1. The van der Waals surface area contributed by atoms with E-state index < -0.39 is 41.5 Å². The second-order valence-corrected chi connectivity index (χ2v) is 20.8. The van der Waals surface area contributed by atoms with Crippen molar-refractivity contribution < 1.29 is 72.2 Å². The second kappa shape index (κ2) is 19.3. The van der Waals surface area contributed by atoms with Gasteiger partial charge in [-0.05, 0) is 72.1 Å². The molecule has 2 N–H and O–H groups in total. The standard InChI is InChI=1S/C47H80O15/c1-23-20-24(2)46(10,49)60-40(23)35-15-14-33(55-35)34-16-18-38(56-34)45(9)43(53-13)29(7)47(62-45)28(6)37(52-12)22-31(59-47)21-36-25(3)41(26(4)42(57-36)27(5)44(48)61-50)58-39-19-17-32(51-11)30(8)54-39/h23-43,49-50H,14-22H2,1-13H3/t23-,24+,25+,26+,27+,28+,29+,30+,31+,32-,33?,34?,35?,36-,37+,38?,39+,40?,41+,42?,43+,45+,46-,47?/m0/s1. The molecule has 62 heavy (non-hydrogen) atoms. The van der Waals surface area contributed by atoms with Gasteiger partial charge in [-0.2, -0.15) is 5.26 Å². The fourth-order valence-corrected chi connectivity index (χ4v) is 12.9. The lowest BCUT2D eigenvalue weighted by atomic mass is 9.75. The van der Waals surface area contributed by atoms with Crippen molar-refractivity contribution in [1.29, 1.82) is 0 Å². The van der Waals surface area contributed by atoms with Crippen LogP contribution in [0.4, 0.5) is 0 Å². The highest BCUT2D eigenvalue weighted by atomic mass is 17.1. The van der Waals surface area contributed by atoms with Crippen molar-refractivity contribution in [3.8, 4) is 0 Å². The van der Waals surface area contributed by atoms with Gasteiger partial charge in [0.05, 0.1) is 85.3 Å².